The number of anilines is 1. The van der Waals surface area contributed by atoms with Gasteiger partial charge in [-0.05, 0) is 18.1 Å². The summed E-state index contributed by atoms with van der Waals surface area (Å²) < 4.78 is 11.2. The predicted molar refractivity (Wildman–Crippen MR) is 90.7 cm³/mol. The maximum Gasteiger partial charge on any atom is 0.407 e. The molecule has 0 aliphatic heterocycles. The number of ether oxygens (including phenoxy) is 2. The lowest BCUT2D eigenvalue weighted by atomic mass is 10.0. The summed E-state index contributed by atoms with van der Waals surface area (Å²) in [7, 11) is 2.82. The summed E-state index contributed by atoms with van der Waals surface area (Å²) in [6.07, 6.45) is 0.899. The molecule has 2 rings (SSSR count). The zero-order valence-electron chi connectivity index (χ0n) is 14.5. The van der Waals surface area contributed by atoms with E-state index in [0.717, 1.165) is 5.69 Å². The van der Waals surface area contributed by atoms with Gasteiger partial charge in [0.2, 0.25) is 5.91 Å². The number of methoxy groups -OCH3 is 2. The van der Waals surface area contributed by atoms with E-state index in [9.17, 15) is 9.59 Å². The van der Waals surface area contributed by atoms with Crippen molar-refractivity contribution in [3.63, 3.8) is 0 Å². The molecule has 2 N–H and O–H groups in total. The van der Waals surface area contributed by atoms with E-state index in [-0.39, 0.29) is 11.7 Å². The summed E-state index contributed by atoms with van der Waals surface area (Å²) in [5.74, 6) is 0.413. The van der Waals surface area contributed by atoms with Crippen LogP contribution in [0.4, 0.5) is 10.6 Å². The lowest BCUT2D eigenvalue weighted by Crippen LogP contribution is -2.47. The summed E-state index contributed by atoms with van der Waals surface area (Å²) >= 11 is 0. The van der Waals surface area contributed by atoms with Crippen molar-refractivity contribution in [3.8, 4) is 11.4 Å². The number of benzene rings is 1. The quantitative estimate of drug-likeness (QED) is 0.822. The molecule has 1 atom stereocenters. The monoisotopic (exact) mass is 347 g/mol. The smallest absolute Gasteiger partial charge is 0.407 e. The normalized spacial score (nSPS) is 11.7. The van der Waals surface area contributed by atoms with Crippen LogP contribution in [0, 0.1) is 5.92 Å². The molecule has 9 heteroatoms. The molecule has 0 unspecified atom stereocenters. The van der Waals surface area contributed by atoms with Gasteiger partial charge in [0.15, 0.2) is 5.82 Å². The third kappa shape index (κ3) is 4.69. The topological polar surface area (TPSA) is 107 Å². The highest BCUT2D eigenvalue weighted by atomic mass is 16.5. The van der Waals surface area contributed by atoms with Crippen LogP contribution < -0.4 is 15.4 Å². The second-order valence-electron chi connectivity index (χ2n) is 5.60. The van der Waals surface area contributed by atoms with Crippen LogP contribution in [0.15, 0.2) is 30.5 Å². The van der Waals surface area contributed by atoms with Crippen molar-refractivity contribution < 1.29 is 19.1 Å². The van der Waals surface area contributed by atoms with E-state index in [2.05, 4.69) is 25.7 Å². The highest BCUT2D eigenvalue weighted by Gasteiger charge is 2.25. The first-order valence-corrected chi connectivity index (χ1v) is 7.66. The summed E-state index contributed by atoms with van der Waals surface area (Å²) in [5, 5.41) is 13.0. The molecule has 25 heavy (non-hydrogen) atoms. The molecule has 0 aliphatic carbocycles. The van der Waals surface area contributed by atoms with Gasteiger partial charge in [0.25, 0.3) is 0 Å². The van der Waals surface area contributed by atoms with E-state index in [4.69, 9.17) is 4.74 Å². The van der Waals surface area contributed by atoms with Crippen LogP contribution >= 0.6 is 0 Å². The highest BCUT2D eigenvalue weighted by Crippen LogP contribution is 2.16. The molecule has 0 radical (unpaired) electrons. The molecular formula is C16H21N5O4. The lowest BCUT2D eigenvalue weighted by Gasteiger charge is -2.20. The molecule has 2 amide bonds. The fraction of sp³-hybridized carbons (Fsp3) is 0.375. The van der Waals surface area contributed by atoms with Crippen molar-refractivity contribution >= 4 is 17.8 Å². The van der Waals surface area contributed by atoms with Crippen molar-refractivity contribution in [1.82, 2.24) is 20.3 Å². The van der Waals surface area contributed by atoms with Crippen LogP contribution in [0.1, 0.15) is 13.8 Å². The van der Waals surface area contributed by atoms with Crippen LogP contribution in [-0.2, 0) is 9.53 Å². The van der Waals surface area contributed by atoms with E-state index in [0.29, 0.717) is 5.75 Å². The van der Waals surface area contributed by atoms with Crippen LogP contribution in [0.5, 0.6) is 5.75 Å². The Kier molecular flexibility index (Phi) is 5.93. The second-order valence-corrected chi connectivity index (χ2v) is 5.60. The number of carbonyl (C=O) groups excluding carboxylic acids is 2. The first-order valence-electron chi connectivity index (χ1n) is 7.66. The third-order valence-corrected chi connectivity index (χ3v) is 3.47. The van der Waals surface area contributed by atoms with Crippen molar-refractivity contribution in [2.75, 3.05) is 19.5 Å². The Morgan fingerprint density at radius 1 is 1.24 bits per heavy atom. The van der Waals surface area contributed by atoms with Gasteiger partial charge in [0.05, 0.1) is 26.1 Å². The Labute approximate surface area is 145 Å². The number of aromatic nitrogens is 3. The highest BCUT2D eigenvalue weighted by molar-refractivity contribution is 5.95. The molecule has 1 heterocycles. The van der Waals surface area contributed by atoms with E-state index < -0.39 is 18.0 Å². The molecule has 1 aromatic carbocycles. The molecule has 0 bridgehead atoms. The maximum atomic E-state index is 12.4. The van der Waals surface area contributed by atoms with E-state index in [1.807, 2.05) is 32.0 Å². The number of rotatable bonds is 6. The number of carbonyl (C=O) groups is 2. The zero-order valence-corrected chi connectivity index (χ0v) is 14.5. The lowest BCUT2D eigenvalue weighted by molar-refractivity contribution is -0.119. The number of hydrogen-bond acceptors (Lipinski definition) is 6. The number of nitrogens with one attached hydrogen (secondary N) is 2. The minimum absolute atomic E-state index is 0.132. The average molecular weight is 347 g/mol. The van der Waals surface area contributed by atoms with Crippen LogP contribution in [-0.4, -0.2) is 47.3 Å². The number of amides is 2. The average Bonchev–Trinajstić information content (AvgIpc) is 3.07. The van der Waals surface area contributed by atoms with Gasteiger partial charge >= 0.3 is 6.09 Å². The molecule has 0 fully saturated rings. The first-order chi connectivity index (χ1) is 11.9. The van der Waals surface area contributed by atoms with E-state index in [1.54, 1.807) is 19.4 Å². The molecule has 0 aliphatic rings. The van der Waals surface area contributed by atoms with Crippen molar-refractivity contribution in [1.29, 1.82) is 0 Å². The molecule has 2 aromatic rings. The molecule has 134 valence electrons. The van der Waals surface area contributed by atoms with Gasteiger partial charge in [0, 0.05) is 6.07 Å². The van der Waals surface area contributed by atoms with Crippen molar-refractivity contribution in [2.24, 2.45) is 5.92 Å². The Morgan fingerprint density at radius 2 is 2.00 bits per heavy atom. The van der Waals surface area contributed by atoms with Crippen LogP contribution in [0.25, 0.3) is 5.69 Å². The predicted octanol–water partition coefficient (Wildman–Crippen LogP) is 1.59. The largest absolute Gasteiger partial charge is 0.497 e. The van der Waals surface area contributed by atoms with Gasteiger partial charge in [-0.15, -0.1) is 5.10 Å². The summed E-state index contributed by atoms with van der Waals surface area (Å²) in [6.45, 7) is 3.63. The SMILES string of the molecule is COC(=O)N[C@H](C(=O)Nc1cn(-c2cccc(OC)c2)nn1)C(C)C. The van der Waals surface area contributed by atoms with Crippen LogP contribution in [0.2, 0.25) is 0 Å². The summed E-state index contributed by atoms with van der Waals surface area (Å²) in [5.41, 5.74) is 0.737. The standard InChI is InChI=1S/C16H21N5O4/c1-10(2)14(18-16(23)25-4)15(22)17-13-9-21(20-19-13)11-6-5-7-12(8-11)24-3/h5-10,14H,1-4H3,(H,17,22)(H,18,23)/t14-/m0/s1. The molecular weight excluding hydrogens is 326 g/mol. The number of nitrogens with zero attached hydrogens (tertiary/aromatic N) is 3. The van der Waals surface area contributed by atoms with Gasteiger partial charge in [-0.2, -0.15) is 0 Å². The Bertz CT molecular complexity index is 744. The van der Waals surface area contributed by atoms with E-state index >= 15 is 0 Å². The fourth-order valence-corrected chi connectivity index (χ4v) is 2.13. The molecule has 0 saturated carbocycles. The van der Waals surface area contributed by atoms with E-state index in [1.165, 1.54) is 11.8 Å². The van der Waals surface area contributed by atoms with Gasteiger partial charge < -0.3 is 20.1 Å². The zero-order chi connectivity index (χ0) is 18.4. The molecule has 9 nitrogen and oxygen atoms in total. The van der Waals surface area contributed by atoms with Crippen LogP contribution in [0.3, 0.4) is 0 Å². The van der Waals surface area contributed by atoms with Crippen molar-refractivity contribution in [2.45, 2.75) is 19.9 Å². The summed E-state index contributed by atoms with van der Waals surface area (Å²) in [4.78, 5) is 23.7. The number of hydrogen-bond donors (Lipinski definition) is 2. The third-order valence-electron chi connectivity index (χ3n) is 3.47. The van der Waals surface area contributed by atoms with Gasteiger partial charge in [-0.3, -0.25) is 4.79 Å². The molecule has 0 spiro atoms. The summed E-state index contributed by atoms with van der Waals surface area (Å²) in [6, 6.07) is 6.50. The minimum atomic E-state index is -0.755. The van der Waals surface area contributed by atoms with Crippen molar-refractivity contribution in [3.05, 3.63) is 30.5 Å². The molecule has 0 saturated heterocycles. The van der Waals surface area contributed by atoms with Gasteiger partial charge in [-0.25, -0.2) is 9.48 Å². The Hall–Kier alpha value is -3.10. The Balaban J connectivity index is 2.11. The minimum Gasteiger partial charge on any atom is -0.497 e. The Morgan fingerprint density at radius 3 is 2.64 bits per heavy atom. The first kappa shape index (κ1) is 18.2. The second kappa shape index (κ2) is 8.13. The number of alkyl carbamates (subject to hydrolysis) is 1. The molecule has 1 aromatic heterocycles. The van der Waals surface area contributed by atoms with Gasteiger partial charge in [0.1, 0.15) is 11.8 Å². The van der Waals surface area contributed by atoms with Gasteiger partial charge in [-0.1, -0.05) is 25.1 Å². The fourth-order valence-electron chi connectivity index (χ4n) is 2.13. The maximum absolute atomic E-state index is 12.4.